The fourth-order valence-electron chi connectivity index (χ4n) is 4.28. The maximum Gasteiger partial charge on any atom is 0.274 e. The molecule has 0 aliphatic carbocycles. The lowest BCUT2D eigenvalue weighted by Gasteiger charge is -2.20. The van der Waals surface area contributed by atoms with E-state index in [0.717, 1.165) is 18.4 Å². The van der Waals surface area contributed by atoms with Gasteiger partial charge in [-0.1, -0.05) is 19.9 Å². The predicted molar refractivity (Wildman–Crippen MR) is 122 cm³/mol. The van der Waals surface area contributed by atoms with Crippen LogP contribution in [0.1, 0.15) is 59.0 Å². The highest BCUT2D eigenvalue weighted by atomic mass is 16.2. The molecule has 2 atom stereocenters. The van der Waals surface area contributed by atoms with Crippen molar-refractivity contribution < 1.29 is 9.59 Å². The molecule has 1 fully saturated rings. The molecular weight excluding hydrogens is 404 g/mol. The molecule has 1 aliphatic rings. The van der Waals surface area contributed by atoms with Gasteiger partial charge in [0.25, 0.3) is 11.8 Å². The summed E-state index contributed by atoms with van der Waals surface area (Å²) in [5.41, 5.74) is 8.47. The summed E-state index contributed by atoms with van der Waals surface area (Å²) in [7, 11) is 0. The highest BCUT2D eigenvalue weighted by Gasteiger charge is 2.27. The zero-order valence-corrected chi connectivity index (χ0v) is 18.6. The van der Waals surface area contributed by atoms with Gasteiger partial charge < -0.3 is 16.0 Å². The lowest BCUT2D eigenvalue weighted by molar-refractivity contribution is 0.0784. The number of nitrogens with zero attached hydrogens (tertiary/aromatic N) is 4. The van der Waals surface area contributed by atoms with E-state index in [2.05, 4.69) is 29.2 Å². The van der Waals surface area contributed by atoms with Crippen LogP contribution in [0.5, 0.6) is 0 Å². The van der Waals surface area contributed by atoms with Crippen LogP contribution >= 0.6 is 0 Å². The molecule has 8 heteroatoms. The molecule has 2 amide bonds. The molecule has 0 radical (unpaired) electrons. The summed E-state index contributed by atoms with van der Waals surface area (Å²) in [6.07, 6.45) is 7.10. The number of carbonyl (C=O) groups excluding carboxylic acids is 2. The molecule has 168 valence electrons. The standard InChI is InChI=1S/C24H30N6O2/c1-16(2)11-18(17-5-3-8-26-13-17)14-27-23(31)20-6-4-9-30-22(20)12-21(28-30)24(32)29-10-7-19(25)15-29/h3-6,8-9,12-13,16,18-19H,7,10-11,14-15,25H2,1-2H3,(H,27,31)/t18?,19-/m1/s1. The average Bonchev–Trinajstić information content (AvgIpc) is 3.42. The van der Waals surface area contributed by atoms with E-state index in [-0.39, 0.29) is 23.8 Å². The van der Waals surface area contributed by atoms with Crippen molar-refractivity contribution in [2.45, 2.75) is 38.6 Å². The van der Waals surface area contributed by atoms with Crippen molar-refractivity contribution in [2.75, 3.05) is 19.6 Å². The number of hydrogen-bond donors (Lipinski definition) is 2. The maximum absolute atomic E-state index is 13.1. The Bertz CT molecular complexity index is 1090. The molecule has 3 aromatic rings. The number of rotatable bonds is 7. The summed E-state index contributed by atoms with van der Waals surface area (Å²) in [6.45, 7) is 6.02. The molecule has 3 aromatic heterocycles. The van der Waals surface area contributed by atoms with Crippen LogP contribution < -0.4 is 11.1 Å². The summed E-state index contributed by atoms with van der Waals surface area (Å²) in [5.74, 6) is 0.327. The Kier molecular flexibility index (Phi) is 6.50. The SMILES string of the molecule is CC(C)CC(CNC(=O)c1cccn2nc(C(=O)N3CC[C@@H](N)C3)cc12)c1cccnc1. The number of hydrogen-bond acceptors (Lipinski definition) is 5. The second-order valence-corrected chi connectivity index (χ2v) is 8.90. The fraction of sp³-hybridized carbons (Fsp3) is 0.417. The molecule has 1 saturated heterocycles. The van der Waals surface area contributed by atoms with Gasteiger partial charge in [0.05, 0.1) is 11.1 Å². The molecule has 32 heavy (non-hydrogen) atoms. The lowest BCUT2D eigenvalue weighted by atomic mass is 9.91. The Morgan fingerprint density at radius 3 is 2.81 bits per heavy atom. The van der Waals surface area contributed by atoms with Crippen molar-refractivity contribution >= 4 is 17.3 Å². The van der Waals surface area contributed by atoms with Gasteiger partial charge in [-0.2, -0.15) is 5.10 Å². The van der Waals surface area contributed by atoms with E-state index in [1.165, 1.54) is 0 Å². The second-order valence-electron chi connectivity index (χ2n) is 8.90. The minimum Gasteiger partial charge on any atom is -0.351 e. The predicted octanol–water partition coefficient (Wildman–Crippen LogP) is 2.46. The Morgan fingerprint density at radius 1 is 1.28 bits per heavy atom. The minimum atomic E-state index is -0.185. The van der Waals surface area contributed by atoms with E-state index < -0.39 is 0 Å². The monoisotopic (exact) mass is 434 g/mol. The molecule has 8 nitrogen and oxygen atoms in total. The number of likely N-dealkylation sites (tertiary alicyclic amines) is 1. The van der Waals surface area contributed by atoms with Gasteiger partial charge in [-0.3, -0.25) is 14.6 Å². The van der Waals surface area contributed by atoms with E-state index in [1.807, 2.05) is 18.3 Å². The van der Waals surface area contributed by atoms with Crippen molar-refractivity contribution in [3.63, 3.8) is 0 Å². The molecule has 1 aliphatic heterocycles. The quantitative estimate of drug-likeness (QED) is 0.594. The van der Waals surface area contributed by atoms with Gasteiger partial charge in [0, 0.05) is 50.2 Å². The van der Waals surface area contributed by atoms with Crippen LogP contribution in [0, 0.1) is 5.92 Å². The first-order chi connectivity index (χ1) is 15.4. The number of pyridine rings is 2. The second kappa shape index (κ2) is 9.48. The van der Waals surface area contributed by atoms with E-state index in [4.69, 9.17) is 5.73 Å². The molecule has 4 heterocycles. The Labute approximate surface area is 187 Å². The van der Waals surface area contributed by atoms with Gasteiger partial charge in [-0.15, -0.1) is 0 Å². The zero-order valence-electron chi connectivity index (χ0n) is 18.6. The number of nitrogens with two attached hydrogens (primary N) is 1. The average molecular weight is 435 g/mol. The van der Waals surface area contributed by atoms with E-state index >= 15 is 0 Å². The number of nitrogens with one attached hydrogen (secondary N) is 1. The van der Waals surface area contributed by atoms with Crippen LogP contribution in [0.4, 0.5) is 0 Å². The van der Waals surface area contributed by atoms with Crippen LogP contribution in [0.2, 0.25) is 0 Å². The maximum atomic E-state index is 13.1. The largest absolute Gasteiger partial charge is 0.351 e. The molecule has 0 bridgehead atoms. The Balaban J connectivity index is 1.51. The number of aromatic nitrogens is 3. The highest BCUT2D eigenvalue weighted by Crippen LogP contribution is 2.23. The molecule has 0 spiro atoms. The van der Waals surface area contributed by atoms with Crippen LogP contribution in [0.25, 0.3) is 5.52 Å². The molecule has 0 saturated carbocycles. The summed E-state index contributed by atoms with van der Waals surface area (Å²) in [4.78, 5) is 31.8. The summed E-state index contributed by atoms with van der Waals surface area (Å²) < 4.78 is 1.59. The van der Waals surface area contributed by atoms with Crippen molar-refractivity contribution in [2.24, 2.45) is 11.7 Å². The minimum absolute atomic E-state index is 0.0101. The summed E-state index contributed by atoms with van der Waals surface area (Å²) >= 11 is 0. The first kappa shape index (κ1) is 22.0. The third-order valence-electron chi connectivity index (χ3n) is 5.90. The molecule has 0 aromatic carbocycles. The third-order valence-corrected chi connectivity index (χ3v) is 5.90. The third kappa shape index (κ3) is 4.80. The highest BCUT2D eigenvalue weighted by molar-refractivity contribution is 6.02. The van der Waals surface area contributed by atoms with E-state index in [9.17, 15) is 9.59 Å². The van der Waals surface area contributed by atoms with Gasteiger partial charge >= 0.3 is 0 Å². The number of fused-ring (bicyclic) bond motifs is 1. The number of amides is 2. The van der Waals surface area contributed by atoms with Crippen molar-refractivity contribution in [1.82, 2.24) is 24.8 Å². The number of carbonyl (C=O) groups is 2. The Hall–Kier alpha value is -3.26. The van der Waals surface area contributed by atoms with Gasteiger partial charge in [-0.05, 0) is 48.6 Å². The fourth-order valence-corrected chi connectivity index (χ4v) is 4.28. The van der Waals surface area contributed by atoms with Gasteiger partial charge in [0.1, 0.15) is 0 Å². The van der Waals surface area contributed by atoms with Crippen molar-refractivity contribution in [1.29, 1.82) is 0 Å². The van der Waals surface area contributed by atoms with Crippen LogP contribution in [0.15, 0.2) is 48.9 Å². The van der Waals surface area contributed by atoms with Gasteiger partial charge in [0.15, 0.2) is 5.69 Å². The topological polar surface area (TPSA) is 106 Å². The van der Waals surface area contributed by atoms with Crippen LogP contribution in [0.3, 0.4) is 0 Å². The van der Waals surface area contributed by atoms with E-state index in [1.54, 1.807) is 40.0 Å². The van der Waals surface area contributed by atoms with Crippen molar-refractivity contribution in [3.8, 4) is 0 Å². The van der Waals surface area contributed by atoms with Gasteiger partial charge in [0.2, 0.25) is 0 Å². The Morgan fingerprint density at radius 2 is 2.12 bits per heavy atom. The van der Waals surface area contributed by atoms with Crippen molar-refractivity contribution in [3.05, 3.63) is 65.7 Å². The summed E-state index contributed by atoms with van der Waals surface area (Å²) in [6, 6.07) is 9.19. The zero-order chi connectivity index (χ0) is 22.7. The smallest absolute Gasteiger partial charge is 0.274 e. The molecular formula is C24H30N6O2. The first-order valence-electron chi connectivity index (χ1n) is 11.1. The normalized spacial score (nSPS) is 17.1. The lowest BCUT2D eigenvalue weighted by Crippen LogP contribution is -2.32. The van der Waals surface area contributed by atoms with Crippen LogP contribution in [-0.4, -0.2) is 57.0 Å². The van der Waals surface area contributed by atoms with Crippen LogP contribution in [-0.2, 0) is 0 Å². The molecule has 4 rings (SSSR count). The molecule has 1 unspecified atom stereocenters. The van der Waals surface area contributed by atoms with E-state index in [0.29, 0.717) is 42.3 Å². The summed E-state index contributed by atoms with van der Waals surface area (Å²) in [5, 5.41) is 7.48. The first-order valence-corrected chi connectivity index (χ1v) is 11.1. The van der Waals surface area contributed by atoms with Gasteiger partial charge in [-0.25, -0.2) is 4.52 Å². The molecule has 3 N–H and O–H groups in total.